The molecule has 0 aliphatic carbocycles. The monoisotopic (exact) mass is 304 g/mol. The highest BCUT2D eigenvalue weighted by molar-refractivity contribution is 5.93. The van der Waals surface area contributed by atoms with Crippen molar-refractivity contribution in [2.75, 3.05) is 6.61 Å². The first-order chi connectivity index (χ1) is 9.77. The van der Waals surface area contributed by atoms with Crippen molar-refractivity contribution in [2.24, 2.45) is 0 Å². The van der Waals surface area contributed by atoms with Gasteiger partial charge in [-0.15, -0.1) is 0 Å². The molecule has 1 atom stereocenters. The molecular weight excluding hydrogens is 293 g/mol. The molecule has 0 saturated carbocycles. The SMILES string of the molecule is CC(COC(=O)c1cc2occc2[nH]1)NC(=O)C(F)(F)F. The van der Waals surface area contributed by atoms with E-state index < -0.39 is 24.1 Å². The van der Waals surface area contributed by atoms with E-state index in [0.717, 1.165) is 0 Å². The molecule has 0 saturated heterocycles. The van der Waals surface area contributed by atoms with Crippen molar-refractivity contribution in [2.45, 2.75) is 19.1 Å². The number of furan rings is 1. The lowest BCUT2D eigenvalue weighted by molar-refractivity contribution is -0.174. The van der Waals surface area contributed by atoms with Crippen molar-refractivity contribution >= 4 is 23.0 Å². The summed E-state index contributed by atoms with van der Waals surface area (Å²) in [6.07, 6.45) is -3.53. The maximum absolute atomic E-state index is 12.0. The normalized spacial score (nSPS) is 13.1. The lowest BCUT2D eigenvalue weighted by Gasteiger charge is -2.15. The Morgan fingerprint density at radius 3 is 2.81 bits per heavy atom. The number of alkyl halides is 3. The Morgan fingerprint density at radius 2 is 2.19 bits per heavy atom. The molecule has 0 aliphatic rings. The van der Waals surface area contributed by atoms with Crippen molar-refractivity contribution in [3.63, 3.8) is 0 Å². The predicted octanol–water partition coefficient (Wildman–Crippen LogP) is 1.98. The van der Waals surface area contributed by atoms with Gasteiger partial charge < -0.3 is 19.5 Å². The van der Waals surface area contributed by atoms with Crippen LogP contribution in [0.15, 0.2) is 22.8 Å². The fraction of sp³-hybridized carbons (Fsp3) is 0.333. The Balaban J connectivity index is 1.86. The number of carbonyl (C=O) groups is 2. The van der Waals surface area contributed by atoms with Gasteiger partial charge in [0.2, 0.25) is 0 Å². The highest BCUT2D eigenvalue weighted by Crippen LogP contribution is 2.17. The molecule has 2 heterocycles. The zero-order valence-corrected chi connectivity index (χ0v) is 10.8. The molecule has 2 aromatic rings. The summed E-state index contributed by atoms with van der Waals surface area (Å²) in [6.45, 7) is 0.901. The number of rotatable bonds is 4. The van der Waals surface area contributed by atoms with Crippen LogP contribution in [-0.2, 0) is 9.53 Å². The second-order valence-corrected chi connectivity index (χ2v) is 4.35. The van der Waals surface area contributed by atoms with Crippen LogP contribution >= 0.6 is 0 Å². The fourth-order valence-electron chi connectivity index (χ4n) is 1.58. The van der Waals surface area contributed by atoms with E-state index in [2.05, 4.69) is 4.98 Å². The molecular formula is C12H11F3N2O4. The van der Waals surface area contributed by atoms with Gasteiger partial charge in [-0.05, 0) is 6.92 Å². The minimum absolute atomic E-state index is 0.110. The van der Waals surface area contributed by atoms with Crippen LogP contribution < -0.4 is 5.32 Å². The third-order valence-corrected chi connectivity index (χ3v) is 2.56. The quantitative estimate of drug-likeness (QED) is 0.846. The average molecular weight is 304 g/mol. The molecule has 114 valence electrons. The van der Waals surface area contributed by atoms with Crippen LogP contribution in [0.25, 0.3) is 11.1 Å². The van der Waals surface area contributed by atoms with Crippen LogP contribution in [0.2, 0.25) is 0 Å². The number of ether oxygens (including phenoxy) is 1. The second-order valence-electron chi connectivity index (χ2n) is 4.35. The molecule has 0 spiro atoms. The molecule has 1 amide bonds. The van der Waals surface area contributed by atoms with E-state index >= 15 is 0 Å². The number of amides is 1. The maximum Gasteiger partial charge on any atom is 0.471 e. The summed E-state index contributed by atoms with van der Waals surface area (Å²) < 4.78 is 45.9. The number of carbonyl (C=O) groups excluding carboxylic acids is 2. The number of aromatic amines is 1. The zero-order valence-electron chi connectivity index (χ0n) is 10.8. The molecule has 0 aromatic carbocycles. The van der Waals surface area contributed by atoms with Crippen LogP contribution in [0.5, 0.6) is 0 Å². The highest BCUT2D eigenvalue weighted by Gasteiger charge is 2.39. The first-order valence-corrected chi connectivity index (χ1v) is 5.88. The third-order valence-electron chi connectivity index (χ3n) is 2.56. The number of esters is 1. The minimum Gasteiger partial charge on any atom is -0.463 e. The topological polar surface area (TPSA) is 84.3 Å². The number of H-pyrrole nitrogens is 1. The second kappa shape index (κ2) is 5.51. The molecule has 0 fully saturated rings. The van der Waals surface area contributed by atoms with Crippen molar-refractivity contribution in [1.29, 1.82) is 0 Å². The molecule has 0 aliphatic heterocycles. The van der Waals surface area contributed by atoms with Crippen LogP contribution in [0.4, 0.5) is 13.2 Å². The smallest absolute Gasteiger partial charge is 0.463 e. The van der Waals surface area contributed by atoms with Gasteiger partial charge in [0.1, 0.15) is 12.3 Å². The Morgan fingerprint density at radius 1 is 1.48 bits per heavy atom. The summed E-state index contributed by atoms with van der Waals surface area (Å²) in [6, 6.07) is 2.05. The molecule has 9 heteroatoms. The van der Waals surface area contributed by atoms with Crippen molar-refractivity contribution in [3.8, 4) is 0 Å². The zero-order chi connectivity index (χ0) is 15.6. The van der Waals surface area contributed by atoms with Crippen LogP contribution in [0.3, 0.4) is 0 Å². The fourth-order valence-corrected chi connectivity index (χ4v) is 1.58. The maximum atomic E-state index is 12.0. The Labute approximate surface area is 116 Å². The van der Waals surface area contributed by atoms with E-state index in [1.54, 1.807) is 11.4 Å². The van der Waals surface area contributed by atoms with E-state index in [0.29, 0.717) is 11.1 Å². The molecule has 6 nitrogen and oxygen atoms in total. The van der Waals surface area contributed by atoms with Gasteiger partial charge in [-0.1, -0.05) is 0 Å². The van der Waals surface area contributed by atoms with Crippen LogP contribution in [0.1, 0.15) is 17.4 Å². The Hall–Kier alpha value is -2.45. The summed E-state index contributed by atoms with van der Waals surface area (Å²) in [7, 11) is 0. The van der Waals surface area contributed by atoms with Gasteiger partial charge in [0, 0.05) is 12.1 Å². The van der Waals surface area contributed by atoms with Crippen molar-refractivity contribution in [3.05, 3.63) is 24.1 Å². The molecule has 2 rings (SSSR count). The average Bonchev–Trinajstić information content (AvgIpc) is 2.95. The number of halogens is 3. The number of aromatic nitrogens is 1. The lowest BCUT2D eigenvalue weighted by Crippen LogP contribution is -2.44. The number of hydrogen-bond acceptors (Lipinski definition) is 4. The first-order valence-electron chi connectivity index (χ1n) is 5.88. The molecule has 2 N–H and O–H groups in total. The predicted molar refractivity (Wildman–Crippen MR) is 64.5 cm³/mol. The summed E-state index contributed by atoms with van der Waals surface area (Å²) in [5.74, 6) is -2.84. The molecule has 21 heavy (non-hydrogen) atoms. The van der Waals surface area contributed by atoms with Crippen molar-refractivity contribution in [1.82, 2.24) is 10.3 Å². The summed E-state index contributed by atoms with van der Waals surface area (Å²) in [5, 5.41) is 1.68. The van der Waals surface area contributed by atoms with Gasteiger partial charge in [0.15, 0.2) is 5.58 Å². The number of nitrogens with one attached hydrogen (secondary N) is 2. The minimum atomic E-state index is -4.97. The van der Waals surface area contributed by atoms with Gasteiger partial charge in [-0.25, -0.2) is 4.79 Å². The lowest BCUT2D eigenvalue weighted by atomic mass is 10.3. The van der Waals surface area contributed by atoms with Gasteiger partial charge >= 0.3 is 18.1 Å². The van der Waals surface area contributed by atoms with Crippen LogP contribution in [0, 0.1) is 0 Å². The summed E-state index contributed by atoms with van der Waals surface area (Å²) in [5.41, 5.74) is 1.17. The van der Waals surface area contributed by atoms with Gasteiger partial charge in [-0.2, -0.15) is 13.2 Å². The first kappa shape index (κ1) is 14.9. The molecule has 0 bridgehead atoms. The number of fused-ring (bicyclic) bond motifs is 1. The molecule has 1 unspecified atom stereocenters. The van der Waals surface area contributed by atoms with Crippen LogP contribution in [-0.4, -0.2) is 35.7 Å². The van der Waals surface area contributed by atoms with Gasteiger partial charge in [0.05, 0.1) is 17.8 Å². The molecule has 0 radical (unpaired) electrons. The van der Waals surface area contributed by atoms with E-state index in [4.69, 9.17) is 9.15 Å². The van der Waals surface area contributed by atoms with E-state index in [-0.39, 0.29) is 12.3 Å². The van der Waals surface area contributed by atoms with Gasteiger partial charge in [-0.3, -0.25) is 4.79 Å². The summed E-state index contributed by atoms with van der Waals surface area (Å²) >= 11 is 0. The standard InChI is InChI=1S/C12H11F3N2O4/c1-6(16-11(19)12(13,14)15)5-21-10(18)8-4-9-7(17-8)2-3-20-9/h2-4,6,17H,5H2,1H3,(H,16,19). The third kappa shape index (κ3) is 3.56. The largest absolute Gasteiger partial charge is 0.471 e. The summed E-state index contributed by atoms with van der Waals surface area (Å²) in [4.78, 5) is 25.1. The number of hydrogen-bond donors (Lipinski definition) is 2. The van der Waals surface area contributed by atoms with Gasteiger partial charge in [0.25, 0.3) is 0 Å². The van der Waals surface area contributed by atoms with E-state index in [1.165, 1.54) is 19.3 Å². The molecule has 2 aromatic heterocycles. The Bertz CT molecular complexity index is 630. The Kier molecular flexibility index (Phi) is 3.92. The highest BCUT2D eigenvalue weighted by atomic mass is 19.4. The van der Waals surface area contributed by atoms with Crippen molar-refractivity contribution < 1.29 is 31.9 Å². The van der Waals surface area contributed by atoms with E-state index in [9.17, 15) is 22.8 Å². The van der Waals surface area contributed by atoms with E-state index in [1.807, 2.05) is 0 Å².